The van der Waals surface area contributed by atoms with Gasteiger partial charge in [0, 0.05) is 31.7 Å². The van der Waals surface area contributed by atoms with E-state index >= 15 is 0 Å². The second-order valence-corrected chi connectivity index (χ2v) is 5.49. The van der Waals surface area contributed by atoms with Crippen molar-refractivity contribution >= 4 is 27.7 Å². The second-order valence-electron chi connectivity index (χ2n) is 4.63. The van der Waals surface area contributed by atoms with Crippen LogP contribution in [-0.2, 0) is 0 Å². The summed E-state index contributed by atoms with van der Waals surface area (Å²) in [6, 6.07) is 0. The molecule has 0 spiro atoms. The van der Waals surface area contributed by atoms with E-state index in [1.54, 1.807) is 6.20 Å². The maximum Gasteiger partial charge on any atom is 0.224 e. The van der Waals surface area contributed by atoms with Crippen LogP contribution in [0.1, 0.15) is 20.3 Å². The van der Waals surface area contributed by atoms with E-state index in [0.29, 0.717) is 11.9 Å². The number of hydrogen-bond acceptors (Lipinski definition) is 5. The minimum absolute atomic E-state index is 0.260. The Morgan fingerprint density at radius 1 is 1.67 bits per heavy atom. The molecule has 0 aromatic carbocycles. The zero-order valence-electron chi connectivity index (χ0n) is 10.7. The van der Waals surface area contributed by atoms with Crippen LogP contribution in [-0.4, -0.2) is 40.8 Å². The lowest BCUT2D eigenvalue weighted by Crippen LogP contribution is -2.25. The first kappa shape index (κ1) is 13.5. The number of halogens is 1. The van der Waals surface area contributed by atoms with E-state index in [2.05, 4.69) is 36.1 Å². The second kappa shape index (κ2) is 5.84. The molecule has 6 heteroatoms. The standard InChI is InChI=1S/C12H19BrN4O/c1-3-14-12-15-6-10(13)11(16-12)17-5-4-9(7-17)8(2)18/h6,8-9,18H,3-5,7H2,1-2H3,(H,14,15,16). The fourth-order valence-electron chi connectivity index (χ4n) is 2.20. The van der Waals surface area contributed by atoms with Gasteiger partial charge in [0.1, 0.15) is 5.82 Å². The molecule has 1 fully saturated rings. The maximum atomic E-state index is 9.64. The normalized spacial score (nSPS) is 21.1. The third-order valence-electron chi connectivity index (χ3n) is 3.27. The number of aliphatic hydroxyl groups is 1. The molecule has 2 atom stereocenters. The Bertz CT molecular complexity index is 413. The van der Waals surface area contributed by atoms with Crippen molar-refractivity contribution in [3.8, 4) is 0 Å². The van der Waals surface area contributed by atoms with Gasteiger partial charge >= 0.3 is 0 Å². The Morgan fingerprint density at radius 2 is 2.44 bits per heavy atom. The largest absolute Gasteiger partial charge is 0.393 e. The fraction of sp³-hybridized carbons (Fsp3) is 0.667. The third-order valence-corrected chi connectivity index (χ3v) is 3.83. The van der Waals surface area contributed by atoms with Gasteiger partial charge in [0.05, 0.1) is 10.6 Å². The summed E-state index contributed by atoms with van der Waals surface area (Å²) in [4.78, 5) is 10.9. The molecule has 18 heavy (non-hydrogen) atoms. The minimum Gasteiger partial charge on any atom is -0.393 e. The zero-order chi connectivity index (χ0) is 13.1. The summed E-state index contributed by atoms with van der Waals surface area (Å²) in [5.74, 6) is 1.88. The van der Waals surface area contributed by atoms with Gasteiger partial charge < -0.3 is 15.3 Å². The highest BCUT2D eigenvalue weighted by molar-refractivity contribution is 9.10. The smallest absolute Gasteiger partial charge is 0.224 e. The van der Waals surface area contributed by atoms with Crippen molar-refractivity contribution in [1.29, 1.82) is 0 Å². The van der Waals surface area contributed by atoms with E-state index in [1.165, 1.54) is 0 Å². The summed E-state index contributed by atoms with van der Waals surface area (Å²) in [7, 11) is 0. The Labute approximate surface area is 116 Å². The van der Waals surface area contributed by atoms with Gasteiger partial charge in [-0.2, -0.15) is 4.98 Å². The predicted octanol–water partition coefficient (Wildman–Crippen LogP) is 1.88. The molecule has 100 valence electrons. The lowest BCUT2D eigenvalue weighted by Gasteiger charge is -2.20. The van der Waals surface area contributed by atoms with Gasteiger partial charge in [0.2, 0.25) is 5.95 Å². The lowest BCUT2D eigenvalue weighted by atomic mass is 10.0. The average Bonchev–Trinajstić information content (AvgIpc) is 2.81. The first-order valence-electron chi connectivity index (χ1n) is 6.31. The van der Waals surface area contributed by atoms with E-state index in [4.69, 9.17) is 0 Å². The minimum atomic E-state index is -0.260. The van der Waals surface area contributed by atoms with Gasteiger partial charge in [-0.1, -0.05) is 0 Å². The molecule has 2 rings (SSSR count). The number of nitrogens with zero attached hydrogens (tertiary/aromatic N) is 3. The van der Waals surface area contributed by atoms with Gasteiger partial charge in [0.15, 0.2) is 0 Å². The number of rotatable bonds is 4. The summed E-state index contributed by atoms with van der Waals surface area (Å²) in [5, 5.41) is 12.8. The highest BCUT2D eigenvalue weighted by atomic mass is 79.9. The van der Waals surface area contributed by atoms with Crippen molar-refractivity contribution in [3.05, 3.63) is 10.7 Å². The van der Waals surface area contributed by atoms with Crippen molar-refractivity contribution in [2.24, 2.45) is 5.92 Å². The molecule has 2 heterocycles. The maximum absolute atomic E-state index is 9.64. The number of nitrogens with one attached hydrogen (secondary N) is 1. The molecule has 1 aliphatic heterocycles. The summed E-state index contributed by atoms with van der Waals surface area (Å²) >= 11 is 3.49. The van der Waals surface area contributed by atoms with Gasteiger partial charge in [-0.25, -0.2) is 4.98 Å². The van der Waals surface area contributed by atoms with Crippen molar-refractivity contribution in [2.45, 2.75) is 26.4 Å². The van der Waals surface area contributed by atoms with Gasteiger partial charge in [-0.3, -0.25) is 0 Å². The first-order chi connectivity index (χ1) is 8.61. The molecule has 0 amide bonds. The molecule has 5 nitrogen and oxygen atoms in total. The lowest BCUT2D eigenvalue weighted by molar-refractivity contribution is 0.136. The number of hydrogen-bond donors (Lipinski definition) is 2. The van der Waals surface area contributed by atoms with Crippen LogP contribution in [0.25, 0.3) is 0 Å². The van der Waals surface area contributed by atoms with Crippen LogP contribution in [0.3, 0.4) is 0 Å². The summed E-state index contributed by atoms with van der Waals surface area (Å²) in [5.41, 5.74) is 0. The van der Waals surface area contributed by atoms with E-state index in [0.717, 1.165) is 36.3 Å². The summed E-state index contributed by atoms with van der Waals surface area (Å²) < 4.78 is 0.899. The highest BCUT2D eigenvalue weighted by Gasteiger charge is 2.28. The Hall–Kier alpha value is -0.880. The van der Waals surface area contributed by atoms with Gasteiger partial charge in [-0.15, -0.1) is 0 Å². The average molecular weight is 315 g/mol. The molecule has 0 aliphatic carbocycles. The Morgan fingerprint density at radius 3 is 3.06 bits per heavy atom. The van der Waals surface area contributed by atoms with Crippen LogP contribution in [0.2, 0.25) is 0 Å². The Balaban J connectivity index is 2.15. The third kappa shape index (κ3) is 2.92. The molecule has 1 aliphatic rings. The van der Waals surface area contributed by atoms with Crippen LogP contribution in [0.5, 0.6) is 0 Å². The number of aliphatic hydroxyl groups excluding tert-OH is 1. The summed E-state index contributed by atoms with van der Waals surface area (Å²) in [6.45, 7) is 6.45. The zero-order valence-corrected chi connectivity index (χ0v) is 12.3. The number of anilines is 2. The van der Waals surface area contributed by atoms with Crippen LogP contribution >= 0.6 is 15.9 Å². The van der Waals surface area contributed by atoms with Crippen LogP contribution in [0.4, 0.5) is 11.8 Å². The SMILES string of the molecule is CCNc1ncc(Br)c(N2CCC(C(C)O)C2)n1. The fourth-order valence-corrected chi connectivity index (χ4v) is 2.64. The number of aromatic nitrogens is 2. The quantitative estimate of drug-likeness (QED) is 0.888. The molecule has 0 bridgehead atoms. The molecule has 0 saturated carbocycles. The van der Waals surface area contributed by atoms with Gasteiger partial charge in [0.25, 0.3) is 0 Å². The first-order valence-corrected chi connectivity index (χ1v) is 7.10. The predicted molar refractivity (Wildman–Crippen MR) is 75.9 cm³/mol. The molecular formula is C12H19BrN4O. The Kier molecular flexibility index (Phi) is 4.40. The molecular weight excluding hydrogens is 296 g/mol. The van der Waals surface area contributed by atoms with E-state index in [1.807, 2.05) is 13.8 Å². The van der Waals surface area contributed by atoms with Crippen molar-refractivity contribution < 1.29 is 5.11 Å². The molecule has 1 aromatic heterocycles. The van der Waals surface area contributed by atoms with Crippen LogP contribution in [0.15, 0.2) is 10.7 Å². The molecule has 0 radical (unpaired) electrons. The monoisotopic (exact) mass is 314 g/mol. The van der Waals surface area contributed by atoms with E-state index < -0.39 is 0 Å². The van der Waals surface area contributed by atoms with E-state index in [9.17, 15) is 5.11 Å². The topological polar surface area (TPSA) is 61.3 Å². The van der Waals surface area contributed by atoms with Gasteiger partial charge in [-0.05, 0) is 36.2 Å². The molecule has 1 saturated heterocycles. The molecule has 2 N–H and O–H groups in total. The van der Waals surface area contributed by atoms with Crippen molar-refractivity contribution in [3.63, 3.8) is 0 Å². The molecule has 1 aromatic rings. The van der Waals surface area contributed by atoms with Crippen LogP contribution in [0, 0.1) is 5.92 Å². The molecule has 2 unspecified atom stereocenters. The van der Waals surface area contributed by atoms with E-state index in [-0.39, 0.29) is 6.10 Å². The van der Waals surface area contributed by atoms with Crippen molar-refractivity contribution in [2.75, 3.05) is 29.9 Å². The highest BCUT2D eigenvalue weighted by Crippen LogP contribution is 2.30. The van der Waals surface area contributed by atoms with Crippen molar-refractivity contribution in [1.82, 2.24) is 9.97 Å². The van der Waals surface area contributed by atoms with Crippen LogP contribution < -0.4 is 10.2 Å². The summed E-state index contributed by atoms with van der Waals surface area (Å²) in [6.07, 6.45) is 2.52.